The van der Waals surface area contributed by atoms with Gasteiger partial charge in [-0.1, -0.05) is 38.2 Å². The maximum atomic E-state index is 14.8. The van der Waals surface area contributed by atoms with Crippen LogP contribution in [0.25, 0.3) is 0 Å². The first kappa shape index (κ1) is 27.0. The average Bonchev–Trinajstić information content (AvgIpc) is 3.28. The summed E-state index contributed by atoms with van der Waals surface area (Å²) in [4.78, 5) is 32.8. The first-order chi connectivity index (χ1) is 17.0. The lowest BCUT2D eigenvalue weighted by atomic mass is 9.86. The molecule has 2 heterocycles. The van der Waals surface area contributed by atoms with Crippen LogP contribution >= 0.6 is 0 Å². The van der Waals surface area contributed by atoms with E-state index >= 15 is 0 Å². The van der Waals surface area contributed by atoms with Gasteiger partial charge in [0.2, 0.25) is 11.8 Å². The van der Waals surface area contributed by atoms with Crippen molar-refractivity contribution in [3.8, 4) is 0 Å². The van der Waals surface area contributed by atoms with Crippen LogP contribution in [-0.4, -0.2) is 70.8 Å². The zero-order chi connectivity index (χ0) is 26.0. The zero-order valence-corrected chi connectivity index (χ0v) is 22.4. The fourth-order valence-corrected chi connectivity index (χ4v) is 6.41. The number of benzene rings is 1. The van der Waals surface area contributed by atoms with Crippen LogP contribution in [0, 0.1) is 23.5 Å². The first-order valence-electron chi connectivity index (χ1n) is 13.8. The Morgan fingerprint density at radius 2 is 1.72 bits per heavy atom. The van der Waals surface area contributed by atoms with Crippen LogP contribution in [0.15, 0.2) is 18.2 Å². The van der Waals surface area contributed by atoms with E-state index in [-0.39, 0.29) is 29.3 Å². The molecule has 2 aliphatic heterocycles. The van der Waals surface area contributed by atoms with Gasteiger partial charge >= 0.3 is 0 Å². The molecule has 2 saturated heterocycles. The predicted octanol–water partition coefficient (Wildman–Crippen LogP) is 5.20. The topological polar surface area (TPSA) is 43.9 Å². The Balaban J connectivity index is 1.42. The molecule has 1 saturated carbocycles. The number of carbonyl (C=O) groups is 2. The van der Waals surface area contributed by atoms with Crippen molar-refractivity contribution < 1.29 is 18.4 Å². The molecule has 1 aliphatic carbocycles. The molecule has 0 N–H and O–H groups in total. The molecule has 1 aromatic rings. The highest BCUT2D eigenvalue weighted by Crippen LogP contribution is 2.39. The number of halogens is 2. The number of hydrogen-bond donors (Lipinski definition) is 0. The summed E-state index contributed by atoms with van der Waals surface area (Å²) in [7, 11) is 0. The van der Waals surface area contributed by atoms with Gasteiger partial charge in [0.1, 0.15) is 11.6 Å². The molecule has 0 radical (unpaired) electrons. The molecule has 3 aliphatic rings. The molecule has 4 rings (SSSR count). The van der Waals surface area contributed by atoms with Gasteiger partial charge in [-0.2, -0.15) is 0 Å². The van der Waals surface area contributed by atoms with Crippen LogP contribution < -0.4 is 0 Å². The van der Waals surface area contributed by atoms with Crippen LogP contribution in [-0.2, 0) is 9.59 Å². The number of likely N-dealkylation sites (tertiary alicyclic amines) is 1. The smallest absolute Gasteiger partial charge is 0.228 e. The highest BCUT2D eigenvalue weighted by molar-refractivity contribution is 5.82. The molecule has 0 aromatic heterocycles. The monoisotopic (exact) mass is 503 g/mol. The Morgan fingerprint density at radius 3 is 2.36 bits per heavy atom. The third-order valence-corrected chi connectivity index (χ3v) is 8.70. The van der Waals surface area contributed by atoms with Crippen LogP contribution in [0.4, 0.5) is 8.78 Å². The number of hydrogen-bond acceptors (Lipinski definition) is 3. The van der Waals surface area contributed by atoms with Gasteiger partial charge in [0.05, 0.1) is 5.92 Å². The van der Waals surface area contributed by atoms with Crippen LogP contribution in [0.1, 0.15) is 84.1 Å². The van der Waals surface area contributed by atoms with E-state index in [9.17, 15) is 18.4 Å². The first-order valence-corrected chi connectivity index (χ1v) is 13.8. The van der Waals surface area contributed by atoms with E-state index in [0.29, 0.717) is 50.6 Å². The summed E-state index contributed by atoms with van der Waals surface area (Å²) in [5.74, 6) is -1.04. The van der Waals surface area contributed by atoms with Crippen molar-refractivity contribution in [1.82, 2.24) is 14.7 Å². The number of piperazine rings is 1. The molecule has 5 nitrogen and oxygen atoms in total. The maximum absolute atomic E-state index is 14.8. The lowest BCUT2D eigenvalue weighted by Gasteiger charge is -2.41. The van der Waals surface area contributed by atoms with E-state index in [4.69, 9.17) is 0 Å². The molecular weight excluding hydrogens is 460 g/mol. The van der Waals surface area contributed by atoms with Crippen molar-refractivity contribution in [2.45, 2.75) is 90.1 Å². The Hall–Kier alpha value is -2.02. The van der Waals surface area contributed by atoms with Gasteiger partial charge in [-0.05, 0) is 51.7 Å². The second kappa shape index (κ2) is 11.2. The predicted molar refractivity (Wildman–Crippen MR) is 137 cm³/mol. The second-order valence-electron chi connectivity index (χ2n) is 12.2. The van der Waals surface area contributed by atoms with Crippen molar-refractivity contribution in [2.24, 2.45) is 11.8 Å². The molecule has 7 heteroatoms. The minimum atomic E-state index is -0.609. The molecule has 1 aromatic carbocycles. The number of nitrogens with zero attached hydrogens (tertiary/aromatic N) is 3. The van der Waals surface area contributed by atoms with Gasteiger partial charge in [0.25, 0.3) is 0 Å². The van der Waals surface area contributed by atoms with E-state index < -0.39 is 17.6 Å². The molecule has 0 unspecified atom stereocenters. The number of amides is 2. The van der Waals surface area contributed by atoms with Crippen LogP contribution in [0.2, 0.25) is 0 Å². The molecule has 0 bridgehead atoms. The summed E-state index contributed by atoms with van der Waals surface area (Å²) >= 11 is 0. The van der Waals surface area contributed by atoms with Crippen molar-refractivity contribution in [2.75, 3.05) is 32.7 Å². The lowest BCUT2D eigenvalue weighted by molar-refractivity contribution is -0.145. The maximum Gasteiger partial charge on any atom is 0.228 e. The normalized spacial score (nSPS) is 26.4. The van der Waals surface area contributed by atoms with Crippen LogP contribution in [0.3, 0.4) is 0 Å². The zero-order valence-electron chi connectivity index (χ0n) is 22.4. The second-order valence-corrected chi connectivity index (χ2v) is 12.2. The largest absolute Gasteiger partial charge is 0.339 e. The van der Waals surface area contributed by atoms with E-state index in [2.05, 4.69) is 25.7 Å². The molecule has 3 atom stereocenters. The summed E-state index contributed by atoms with van der Waals surface area (Å²) in [6.45, 7) is 11.0. The Morgan fingerprint density at radius 1 is 1.00 bits per heavy atom. The van der Waals surface area contributed by atoms with Crippen molar-refractivity contribution in [3.05, 3.63) is 35.4 Å². The number of carbonyl (C=O) groups excluding carboxylic acids is 2. The molecule has 3 fully saturated rings. The highest BCUT2D eigenvalue weighted by Gasteiger charge is 2.45. The van der Waals surface area contributed by atoms with Gasteiger partial charge in [-0.15, -0.1) is 0 Å². The van der Waals surface area contributed by atoms with Crippen molar-refractivity contribution in [3.63, 3.8) is 0 Å². The van der Waals surface area contributed by atoms with Crippen LogP contribution in [0.5, 0.6) is 0 Å². The molecule has 2 amide bonds. The van der Waals surface area contributed by atoms with Crippen molar-refractivity contribution in [1.29, 1.82) is 0 Å². The Kier molecular flexibility index (Phi) is 8.38. The minimum absolute atomic E-state index is 0.0114. The minimum Gasteiger partial charge on any atom is -0.339 e. The standard InChI is InChI=1S/C29H43F2N3O2/c1-20-17-32(27(35)13-10-21-8-6-5-7-9-21)14-15-34(20)28(36)25-19-33(29(2,3)4)18-24(25)23-12-11-22(30)16-26(23)31/h11-12,16,20-21,24-25H,5-10,13-15,17-19H2,1-4H3/t20-,24-,25+/m0/s1. The van der Waals surface area contributed by atoms with Gasteiger partial charge in [0, 0.05) is 62.7 Å². The SMILES string of the molecule is C[C@H]1CN(C(=O)CCC2CCCCC2)CCN1C(=O)[C@@H]1CN(C(C)(C)C)C[C@H]1c1ccc(F)cc1F. The van der Waals surface area contributed by atoms with Crippen molar-refractivity contribution >= 4 is 11.8 Å². The summed E-state index contributed by atoms with van der Waals surface area (Å²) in [5.41, 5.74) is 0.240. The third-order valence-electron chi connectivity index (χ3n) is 8.70. The summed E-state index contributed by atoms with van der Waals surface area (Å²) < 4.78 is 28.4. The summed E-state index contributed by atoms with van der Waals surface area (Å²) in [5, 5.41) is 0. The van der Waals surface area contributed by atoms with E-state index in [0.717, 1.165) is 12.5 Å². The molecule has 36 heavy (non-hydrogen) atoms. The molecular formula is C29H43F2N3O2. The Bertz CT molecular complexity index is 941. The van der Waals surface area contributed by atoms with Gasteiger partial charge in [-0.25, -0.2) is 8.78 Å². The van der Waals surface area contributed by atoms with E-state index in [1.54, 1.807) is 0 Å². The van der Waals surface area contributed by atoms with E-state index in [1.807, 2.05) is 16.7 Å². The fourth-order valence-electron chi connectivity index (χ4n) is 6.41. The fraction of sp³-hybridized carbons (Fsp3) is 0.724. The summed E-state index contributed by atoms with van der Waals surface area (Å²) in [6.07, 6.45) is 7.95. The quantitative estimate of drug-likeness (QED) is 0.555. The van der Waals surface area contributed by atoms with E-state index in [1.165, 1.54) is 44.2 Å². The average molecular weight is 504 g/mol. The Labute approximate surface area is 215 Å². The van der Waals surface area contributed by atoms with Gasteiger partial charge < -0.3 is 9.80 Å². The highest BCUT2D eigenvalue weighted by atomic mass is 19.1. The number of rotatable bonds is 5. The molecule has 0 spiro atoms. The van der Waals surface area contributed by atoms with Gasteiger partial charge in [-0.3, -0.25) is 14.5 Å². The lowest BCUT2D eigenvalue weighted by Crippen LogP contribution is -2.57. The van der Waals surface area contributed by atoms with Gasteiger partial charge in [0.15, 0.2) is 0 Å². The summed E-state index contributed by atoms with van der Waals surface area (Å²) in [6, 6.07) is 3.60. The molecule has 200 valence electrons. The third kappa shape index (κ3) is 6.09.